The van der Waals surface area contributed by atoms with E-state index in [1.807, 2.05) is 6.92 Å². The Hall–Kier alpha value is -0.900. The van der Waals surface area contributed by atoms with Crippen LogP contribution in [0.3, 0.4) is 0 Å². The van der Waals surface area contributed by atoms with Gasteiger partial charge in [0.15, 0.2) is 0 Å². The van der Waals surface area contributed by atoms with Crippen LogP contribution in [0.2, 0.25) is 0 Å². The zero-order valence-electron chi connectivity index (χ0n) is 17.4. The number of likely N-dealkylation sites (tertiary alicyclic amines) is 1. The first-order chi connectivity index (χ1) is 13.0. The molecule has 0 aromatic carbocycles. The van der Waals surface area contributed by atoms with Crippen LogP contribution in [0.4, 0.5) is 0 Å². The standard InChI is InChI=1S/C22H38ClNO3/c1-3-5-7-8-9-10-11-12-13-14-18-22(21(23)27,17-6-4-2)24-19(25)15-16-20(24)26/h3-18H2,1-2H3. The molecule has 0 aromatic rings. The minimum Gasteiger partial charge on any atom is -0.279 e. The van der Waals surface area contributed by atoms with Gasteiger partial charge in [-0.1, -0.05) is 90.9 Å². The number of rotatable bonds is 16. The lowest BCUT2D eigenvalue weighted by atomic mass is 9.86. The van der Waals surface area contributed by atoms with Crippen molar-refractivity contribution in [3.63, 3.8) is 0 Å². The van der Waals surface area contributed by atoms with Crippen LogP contribution < -0.4 is 0 Å². The monoisotopic (exact) mass is 399 g/mol. The van der Waals surface area contributed by atoms with Crippen LogP contribution in [0.25, 0.3) is 0 Å². The first-order valence-corrected chi connectivity index (χ1v) is 11.4. The maximum absolute atomic E-state index is 12.4. The van der Waals surface area contributed by atoms with Gasteiger partial charge in [0.1, 0.15) is 5.54 Å². The Morgan fingerprint density at radius 2 is 1.19 bits per heavy atom. The molecule has 5 heteroatoms. The van der Waals surface area contributed by atoms with Crippen LogP contribution >= 0.6 is 11.6 Å². The number of unbranched alkanes of at least 4 members (excludes halogenated alkanes) is 10. The molecule has 1 aliphatic heterocycles. The van der Waals surface area contributed by atoms with Crippen LogP contribution in [0, 0.1) is 0 Å². The van der Waals surface area contributed by atoms with Crippen molar-refractivity contribution >= 4 is 28.7 Å². The summed E-state index contributed by atoms with van der Waals surface area (Å²) < 4.78 is 0. The molecule has 0 saturated carbocycles. The van der Waals surface area contributed by atoms with E-state index in [2.05, 4.69) is 6.92 Å². The fourth-order valence-electron chi connectivity index (χ4n) is 4.06. The van der Waals surface area contributed by atoms with Crippen molar-refractivity contribution in [1.82, 2.24) is 4.90 Å². The molecule has 0 aliphatic carbocycles. The lowest BCUT2D eigenvalue weighted by Crippen LogP contribution is -2.55. The summed E-state index contributed by atoms with van der Waals surface area (Å²) in [6, 6.07) is 0. The molecule has 0 N–H and O–H groups in total. The van der Waals surface area contributed by atoms with Crippen LogP contribution in [0.5, 0.6) is 0 Å². The van der Waals surface area contributed by atoms with E-state index >= 15 is 0 Å². The lowest BCUT2D eigenvalue weighted by Gasteiger charge is -2.37. The second-order valence-electron chi connectivity index (χ2n) is 7.96. The molecule has 0 radical (unpaired) electrons. The van der Waals surface area contributed by atoms with Crippen molar-refractivity contribution in [2.75, 3.05) is 0 Å². The molecule has 27 heavy (non-hydrogen) atoms. The van der Waals surface area contributed by atoms with E-state index < -0.39 is 10.8 Å². The molecule has 2 amide bonds. The Kier molecular flexibility index (Phi) is 11.9. The minimum absolute atomic E-state index is 0.203. The number of carbonyl (C=O) groups excluding carboxylic acids is 3. The molecule has 1 rings (SSSR count). The van der Waals surface area contributed by atoms with E-state index in [9.17, 15) is 14.4 Å². The van der Waals surface area contributed by atoms with Crippen LogP contribution in [0.15, 0.2) is 0 Å². The van der Waals surface area contributed by atoms with Gasteiger partial charge in [-0.25, -0.2) is 0 Å². The van der Waals surface area contributed by atoms with Gasteiger partial charge in [-0.2, -0.15) is 0 Å². The molecule has 0 aromatic heterocycles. The highest BCUT2D eigenvalue weighted by molar-refractivity contribution is 6.66. The molecule has 1 atom stereocenters. The number of hydrogen-bond acceptors (Lipinski definition) is 3. The third kappa shape index (κ3) is 7.56. The Morgan fingerprint density at radius 1 is 0.778 bits per heavy atom. The number of imide groups is 1. The number of hydrogen-bond donors (Lipinski definition) is 0. The smallest absolute Gasteiger partial charge is 0.247 e. The second-order valence-corrected chi connectivity index (χ2v) is 8.31. The highest BCUT2D eigenvalue weighted by atomic mass is 35.5. The van der Waals surface area contributed by atoms with Gasteiger partial charge in [0.05, 0.1) is 0 Å². The Bertz CT molecular complexity index is 464. The molecule has 1 saturated heterocycles. The molecule has 0 spiro atoms. The van der Waals surface area contributed by atoms with Crippen molar-refractivity contribution < 1.29 is 14.4 Å². The summed E-state index contributed by atoms with van der Waals surface area (Å²) in [5.41, 5.74) is -1.12. The zero-order chi connectivity index (χ0) is 20.1. The normalized spacial score (nSPS) is 16.8. The van der Waals surface area contributed by atoms with Crippen molar-refractivity contribution in [2.24, 2.45) is 0 Å². The van der Waals surface area contributed by atoms with E-state index in [1.54, 1.807) is 0 Å². The summed E-state index contributed by atoms with van der Waals surface area (Å²) in [6.45, 7) is 4.27. The first-order valence-electron chi connectivity index (χ1n) is 11.1. The van der Waals surface area contributed by atoms with Crippen molar-refractivity contribution in [3.05, 3.63) is 0 Å². The Balaban J connectivity index is 2.49. The SMILES string of the molecule is CCCCCCCCCCCCC(CCCC)(C(=O)Cl)N1C(=O)CCC1=O. The minimum atomic E-state index is -1.12. The third-order valence-corrected chi connectivity index (χ3v) is 6.09. The van der Waals surface area contributed by atoms with Gasteiger partial charge in [0, 0.05) is 12.8 Å². The molecular formula is C22H38ClNO3. The van der Waals surface area contributed by atoms with Crippen molar-refractivity contribution in [3.8, 4) is 0 Å². The Morgan fingerprint density at radius 3 is 1.63 bits per heavy atom. The number of nitrogens with zero attached hydrogens (tertiary/aromatic N) is 1. The summed E-state index contributed by atoms with van der Waals surface area (Å²) in [5, 5.41) is -0.546. The average Bonchev–Trinajstić information content (AvgIpc) is 2.98. The summed E-state index contributed by atoms with van der Waals surface area (Å²) in [7, 11) is 0. The third-order valence-electron chi connectivity index (χ3n) is 5.73. The molecule has 0 bridgehead atoms. The molecule has 1 fully saturated rings. The molecule has 4 nitrogen and oxygen atoms in total. The number of amides is 2. The lowest BCUT2D eigenvalue weighted by molar-refractivity contribution is -0.151. The van der Waals surface area contributed by atoms with Crippen molar-refractivity contribution in [1.29, 1.82) is 0 Å². The van der Waals surface area contributed by atoms with Gasteiger partial charge in [-0.15, -0.1) is 0 Å². The maximum Gasteiger partial charge on any atom is 0.247 e. The molecule has 1 aliphatic rings. The predicted molar refractivity (Wildman–Crippen MR) is 111 cm³/mol. The second kappa shape index (κ2) is 13.3. The van der Waals surface area contributed by atoms with Gasteiger partial charge in [0.25, 0.3) is 0 Å². The quantitative estimate of drug-likeness (QED) is 0.178. The Labute approximate surface area is 170 Å². The largest absolute Gasteiger partial charge is 0.279 e. The molecular weight excluding hydrogens is 362 g/mol. The number of carbonyl (C=O) groups is 3. The van der Waals surface area contributed by atoms with Gasteiger partial charge in [-0.05, 0) is 24.4 Å². The first kappa shape index (κ1) is 24.1. The van der Waals surface area contributed by atoms with E-state index in [0.717, 1.165) is 32.1 Å². The molecule has 1 unspecified atom stereocenters. The van der Waals surface area contributed by atoms with E-state index in [-0.39, 0.29) is 24.7 Å². The summed E-state index contributed by atoms with van der Waals surface area (Å²) in [4.78, 5) is 38.1. The van der Waals surface area contributed by atoms with Gasteiger partial charge >= 0.3 is 0 Å². The molecule has 156 valence electrons. The highest BCUT2D eigenvalue weighted by Gasteiger charge is 2.49. The summed E-state index contributed by atoms with van der Waals surface area (Å²) >= 11 is 5.98. The predicted octanol–water partition coefficient (Wildman–Crippen LogP) is 6.14. The maximum atomic E-state index is 12.4. The summed E-state index contributed by atoms with van der Waals surface area (Å²) in [5.74, 6) is -0.477. The van der Waals surface area contributed by atoms with Gasteiger partial charge in [0.2, 0.25) is 17.1 Å². The zero-order valence-corrected chi connectivity index (χ0v) is 18.1. The molecule has 1 heterocycles. The summed E-state index contributed by atoms with van der Waals surface area (Å²) in [6.07, 6.45) is 15.1. The fourth-order valence-corrected chi connectivity index (χ4v) is 4.33. The topological polar surface area (TPSA) is 54.5 Å². The van der Waals surface area contributed by atoms with Gasteiger partial charge in [-0.3, -0.25) is 19.3 Å². The number of halogens is 1. The van der Waals surface area contributed by atoms with Crippen LogP contribution in [0.1, 0.15) is 117 Å². The average molecular weight is 400 g/mol. The van der Waals surface area contributed by atoms with E-state index in [0.29, 0.717) is 12.8 Å². The fraction of sp³-hybridized carbons (Fsp3) is 0.864. The van der Waals surface area contributed by atoms with Crippen LogP contribution in [-0.2, 0) is 14.4 Å². The van der Waals surface area contributed by atoms with Gasteiger partial charge < -0.3 is 0 Å². The van der Waals surface area contributed by atoms with E-state index in [4.69, 9.17) is 11.6 Å². The van der Waals surface area contributed by atoms with E-state index in [1.165, 1.54) is 49.8 Å². The van der Waals surface area contributed by atoms with Crippen LogP contribution in [-0.4, -0.2) is 27.5 Å². The van der Waals surface area contributed by atoms with Crippen molar-refractivity contribution in [2.45, 2.75) is 122 Å². The highest BCUT2D eigenvalue weighted by Crippen LogP contribution is 2.35.